The third-order valence-corrected chi connectivity index (χ3v) is 2.37. The first-order chi connectivity index (χ1) is 8.99. The Morgan fingerprint density at radius 1 is 1.47 bits per heavy atom. The number of amides is 1. The zero-order chi connectivity index (χ0) is 14.0. The van der Waals surface area contributed by atoms with Gasteiger partial charge in [-0.1, -0.05) is 12.1 Å². The molecule has 1 aromatic heterocycles. The van der Waals surface area contributed by atoms with Crippen LogP contribution in [0.4, 0.5) is 11.4 Å². The third kappa shape index (κ3) is 2.51. The van der Waals surface area contributed by atoms with E-state index in [1.165, 1.54) is 23.9 Å². The Balaban J connectivity index is 2.31. The summed E-state index contributed by atoms with van der Waals surface area (Å²) in [5.74, 6) is -0.886. The summed E-state index contributed by atoms with van der Waals surface area (Å²) in [4.78, 5) is 22.0. The molecule has 98 valence electrons. The largest absolute Gasteiger partial charge is 0.506 e. The number of hydrogen-bond donors (Lipinski definition) is 2. The number of carbonyl (C=O) groups is 1. The van der Waals surface area contributed by atoms with Gasteiger partial charge in [-0.05, 0) is 12.1 Å². The first-order valence-corrected chi connectivity index (χ1v) is 5.26. The van der Waals surface area contributed by atoms with Crippen molar-refractivity contribution in [1.29, 1.82) is 0 Å². The molecule has 0 spiro atoms. The van der Waals surface area contributed by atoms with Gasteiger partial charge in [-0.2, -0.15) is 5.10 Å². The predicted octanol–water partition coefficient (Wildman–Crippen LogP) is 1.29. The molecule has 0 saturated carbocycles. The minimum absolute atomic E-state index is 0.130. The number of nitrogens with one attached hydrogen (secondary N) is 1. The second-order valence-electron chi connectivity index (χ2n) is 3.76. The fourth-order valence-electron chi connectivity index (χ4n) is 1.53. The molecule has 0 radical (unpaired) electrons. The molecule has 1 amide bonds. The van der Waals surface area contributed by atoms with Gasteiger partial charge in [-0.25, -0.2) is 0 Å². The normalized spacial score (nSPS) is 10.2. The molecule has 0 aliphatic heterocycles. The number of carbonyl (C=O) groups excluding carboxylic acids is 1. The molecule has 0 bridgehead atoms. The number of phenolic OH excluding ortho intramolecular Hbond substituents is 1. The summed E-state index contributed by atoms with van der Waals surface area (Å²) in [6.07, 6.45) is 1.14. The highest BCUT2D eigenvalue weighted by atomic mass is 16.6. The third-order valence-electron chi connectivity index (χ3n) is 2.37. The molecule has 2 N–H and O–H groups in total. The van der Waals surface area contributed by atoms with Crippen molar-refractivity contribution in [2.75, 3.05) is 5.32 Å². The Morgan fingerprint density at radius 2 is 2.16 bits per heavy atom. The smallest absolute Gasteiger partial charge is 0.320 e. The number of nitro groups is 1. The minimum atomic E-state index is -0.756. The lowest BCUT2D eigenvalue weighted by atomic mass is 10.2. The number of para-hydroxylation sites is 2. The Kier molecular flexibility index (Phi) is 3.15. The van der Waals surface area contributed by atoms with Crippen molar-refractivity contribution >= 4 is 17.3 Å². The molecule has 0 fully saturated rings. The Morgan fingerprint density at radius 3 is 2.79 bits per heavy atom. The highest BCUT2D eigenvalue weighted by molar-refractivity contribution is 6.06. The summed E-state index contributed by atoms with van der Waals surface area (Å²) in [5, 5.41) is 26.4. The number of hydrogen-bond acceptors (Lipinski definition) is 5. The fraction of sp³-hybridized carbons (Fsp3) is 0.0909. The van der Waals surface area contributed by atoms with Crippen LogP contribution in [0.25, 0.3) is 0 Å². The van der Waals surface area contributed by atoms with Crippen LogP contribution in [0.15, 0.2) is 30.5 Å². The van der Waals surface area contributed by atoms with E-state index in [1.54, 1.807) is 12.1 Å². The van der Waals surface area contributed by atoms with Crippen LogP contribution in [0.5, 0.6) is 5.75 Å². The van der Waals surface area contributed by atoms with Gasteiger partial charge in [-0.3, -0.25) is 19.6 Å². The van der Waals surface area contributed by atoms with Crippen molar-refractivity contribution in [2.24, 2.45) is 7.05 Å². The molecule has 0 aliphatic carbocycles. The molecule has 8 nitrogen and oxygen atoms in total. The van der Waals surface area contributed by atoms with Crippen molar-refractivity contribution in [3.8, 4) is 5.75 Å². The van der Waals surface area contributed by atoms with Crippen LogP contribution in [0, 0.1) is 10.1 Å². The molecule has 0 saturated heterocycles. The van der Waals surface area contributed by atoms with Gasteiger partial charge < -0.3 is 10.4 Å². The Bertz CT molecular complexity index is 650. The van der Waals surface area contributed by atoms with Crippen LogP contribution in [-0.2, 0) is 7.05 Å². The van der Waals surface area contributed by atoms with Crippen LogP contribution in [0.3, 0.4) is 0 Å². The van der Waals surface area contributed by atoms with Gasteiger partial charge >= 0.3 is 5.69 Å². The number of anilines is 1. The maximum atomic E-state index is 11.9. The molecule has 19 heavy (non-hydrogen) atoms. The topological polar surface area (TPSA) is 110 Å². The van der Waals surface area contributed by atoms with Gasteiger partial charge in [0.1, 0.15) is 11.9 Å². The second kappa shape index (κ2) is 4.77. The number of aromatic hydroxyl groups is 1. The first kappa shape index (κ1) is 12.6. The summed E-state index contributed by atoms with van der Waals surface area (Å²) < 4.78 is 1.18. The van der Waals surface area contributed by atoms with Crippen LogP contribution < -0.4 is 5.32 Å². The van der Waals surface area contributed by atoms with E-state index in [4.69, 9.17) is 0 Å². The highest BCUT2D eigenvalue weighted by Crippen LogP contribution is 2.23. The van der Waals surface area contributed by atoms with Gasteiger partial charge in [0.25, 0.3) is 5.91 Å². The van der Waals surface area contributed by atoms with E-state index in [0.29, 0.717) is 0 Å². The van der Waals surface area contributed by atoms with E-state index in [0.717, 1.165) is 6.20 Å². The predicted molar refractivity (Wildman–Crippen MR) is 65.9 cm³/mol. The summed E-state index contributed by atoms with van der Waals surface area (Å²) in [5.41, 5.74) is -0.543. The zero-order valence-corrected chi connectivity index (χ0v) is 9.90. The molecule has 1 aromatic carbocycles. The number of aromatic nitrogens is 2. The minimum Gasteiger partial charge on any atom is -0.506 e. The molecular formula is C11H10N4O4. The van der Waals surface area contributed by atoms with E-state index in [1.807, 2.05) is 0 Å². The Hall–Kier alpha value is -2.90. The zero-order valence-electron chi connectivity index (χ0n) is 9.90. The summed E-state index contributed by atoms with van der Waals surface area (Å²) in [6.45, 7) is 0. The van der Waals surface area contributed by atoms with Crippen molar-refractivity contribution in [3.05, 3.63) is 46.3 Å². The number of rotatable bonds is 3. The number of phenols is 1. The lowest BCUT2D eigenvalue weighted by molar-refractivity contribution is -0.385. The van der Waals surface area contributed by atoms with Gasteiger partial charge in [0.15, 0.2) is 0 Å². The lowest BCUT2D eigenvalue weighted by Crippen LogP contribution is -2.14. The van der Waals surface area contributed by atoms with E-state index in [2.05, 4.69) is 10.4 Å². The number of nitrogens with zero attached hydrogens (tertiary/aromatic N) is 3. The first-order valence-electron chi connectivity index (χ1n) is 5.26. The van der Waals surface area contributed by atoms with Crippen LogP contribution in [-0.4, -0.2) is 25.7 Å². The average molecular weight is 262 g/mol. The van der Waals surface area contributed by atoms with E-state index >= 15 is 0 Å². The van der Waals surface area contributed by atoms with Crippen molar-refractivity contribution in [1.82, 2.24) is 9.78 Å². The molecule has 1 heterocycles. The monoisotopic (exact) mass is 262 g/mol. The summed E-state index contributed by atoms with van der Waals surface area (Å²) >= 11 is 0. The van der Waals surface area contributed by atoms with Crippen molar-refractivity contribution < 1.29 is 14.8 Å². The number of aryl methyl sites for hydroxylation is 1. The highest BCUT2D eigenvalue weighted by Gasteiger charge is 2.25. The maximum Gasteiger partial charge on any atom is 0.320 e. The van der Waals surface area contributed by atoms with Crippen LogP contribution >= 0.6 is 0 Å². The molecule has 8 heteroatoms. The van der Waals surface area contributed by atoms with E-state index < -0.39 is 16.5 Å². The maximum absolute atomic E-state index is 11.9. The van der Waals surface area contributed by atoms with Gasteiger partial charge in [-0.15, -0.1) is 0 Å². The fourth-order valence-corrected chi connectivity index (χ4v) is 1.53. The van der Waals surface area contributed by atoms with Gasteiger partial charge in [0, 0.05) is 7.05 Å². The lowest BCUT2D eigenvalue weighted by Gasteiger charge is -2.04. The molecular weight excluding hydrogens is 252 g/mol. The Labute approximate surface area is 107 Å². The molecule has 0 atom stereocenters. The number of benzene rings is 1. The molecule has 0 aliphatic rings. The van der Waals surface area contributed by atoms with Crippen molar-refractivity contribution in [2.45, 2.75) is 0 Å². The standard InChI is InChI=1S/C11H10N4O4/c1-14-6-8(15(18)19)10(13-14)11(17)12-7-4-2-3-5-9(7)16/h2-6,16H,1H3,(H,12,17). The average Bonchev–Trinajstić information content (AvgIpc) is 2.74. The molecule has 2 aromatic rings. The van der Waals surface area contributed by atoms with E-state index in [9.17, 15) is 20.0 Å². The summed E-state index contributed by atoms with van der Waals surface area (Å²) in [6, 6.07) is 6.07. The summed E-state index contributed by atoms with van der Waals surface area (Å²) in [7, 11) is 1.48. The molecule has 2 rings (SSSR count). The van der Waals surface area contributed by atoms with Crippen LogP contribution in [0.1, 0.15) is 10.5 Å². The van der Waals surface area contributed by atoms with Gasteiger partial charge in [0.05, 0.1) is 10.6 Å². The second-order valence-corrected chi connectivity index (χ2v) is 3.76. The van der Waals surface area contributed by atoms with Gasteiger partial charge in [0.2, 0.25) is 5.69 Å². The quantitative estimate of drug-likeness (QED) is 0.492. The van der Waals surface area contributed by atoms with E-state index in [-0.39, 0.29) is 17.1 Å². The van der Waals surface area contributed by atoms with Crippen LogP contribution in [0.2, 0.25) is 0 Å². The SMILES string of the molecule is Cn1cc([N+](=O)[O-])c(C(=O)Nc2ccccc2O)n1. The molecule has 0 unspecified atom stereocenters. The van der Waals surface area contributed by atoms with Crippen molar-refractivity contribution in [3.63, 3.8) is 0 Å².